The number of ether oxygens (including phenoxy) is 2. The van der Waals surface area contributed by atoms with Crippen molar-refractivity contribution in [2.24, 2.45) is 11.7 Å². The van der Waals surface area contributed by atoms with Gasteiger partial charge in [-0.2, -0.15) is 5.10 Å². The van der Waals surface area contributed by atoms with Crippen LogP contribution < -0.4 is 20.5 Å². The predicted octanol–water partition coefficient (Wildman–Crippen LogP) is 4.54. The van der Waals surface area contributed by atoms with Crippen LogP contribution in [0.15, 0.2) is 36.5 Å². The molecule has 1 unspecified atom stereocenters. The van der Waals surface area contributed by atoms with E-state index in [1.165, 1.54) is 13.2 Å². The van der Waals surface area contributed by atoms with Crippen LogP contribution in [0.25, 0.3) is 22.2 Å². The molecule has 2 aliphatic carbocycles. The summed E-state index contributed by atoms with van der Waals surface area (Å²) in [5, 5.41) is 20.0. The van der Waals surface area contributed by atoms with Gasteiger partial charge in [-0.1, -0.05) is 11.6 Å². The summed E-state index contributed by atoms with van der Waals surface area (Å²) >= 11 is 6.01. The van der Waals surface area contributed by atoms with Gasteiger partial charge in [0.15, 0.2) is 5.82 Å². The zero-order valence-corrected chi connectivity index (χ0v) is 25.3. The number of aromatic nitrogens is 3. The summed E-state index contributed by atoms with van der Waals surface area (Å²) in [6.07, 6.45) is 5.20. The molecule has 0 spiro atoms. The molecule has 45 heavy (non-hydrogen) atoms. The number of methoxy groups -OCH3 is 1. The van der Waals surface area contributed by atoms with Gasteiger partial charge in [0.25, 0.3) is 5.91 Å². The quantitative estimate of drug-likeness (QED) is 0.229. The van der Waals surface area contributed by atoms with Crippen molar-refractivity contribution in [2.75, 3.05) is 20.3 Å². The lowest BCUT2D eigenvalue weighted by Gasteiger charge is -2.30. The summed E-state index contributed by atoms with van der Waals surface area (Å²) < 4.78 is 43.7. The molecular formula is C32H30ClF2N5O5. The van der Waals surface area contributed by atoms with Gasteiger partial charge in [0.2, 0.25) is 5.91 Å². The standard InChI is InChI=1S/C32H30ClF2N5O5/c1-31(30(36)42)14-45-28-19(31)11-23(38-27(28)24-21(34)8-7-20(33)25(24)35)32(43,17-3-4-17)13-37-29(41)15-9-16-12-40(18-5-6-18)39-26(16)22(10-15)44-2/h7-12,17-18,43H,3-6,13-14H2,1-2H3,(H2,36,42)(H,37,41)/t31-,32?/m0/s1. The summed E-state index contributed by atoms with van der Waals surface area (Å²) in [7, 11) is 1.50. The van der Waals surface area contributed by atoms with Crippen LogP contribution in [0.4, 0.5) is 8.78 Å². The van der Waals surface area contributed by atoms with E-state index in [1.807, 2.05) is 10.9 Å². The Morgan fingerprint density at radius 3 is 2.67 bits per heavy atom. The summed E-state index contributed by atoms with van der Waals surface area (Å²) in [6, 6.07) is 7.19. The molecule has 7 rings (SSSR count). The van der Waals surface area contributed by atoms with Crippen LogP contribution in [0.3, 0.4) is 0 Å². The highest BCUT2D eigenvalue weighted by atomic mass is 35.5. The number of pyridine rings is 1. The van der Waals surface area contributed by atoms with Crippen molar-refractivity contribution in [1.29, 1.82) is 0 Å². The molecule has 0 saturated heterocycles. The van der Waals surface area contributed by atoms with E-state index in [0.29, 0.717) is 35.7 Å². The first-order valence-electron chi connectivity index (χ1n) is 14.6. The maximum Gasteiger partial charge on any atom is 0.251 e. The van der Waals surface area contributed by atoms with Crippen LogP contribution in [-0.2, 0) is 15.8 Å². The molecule has 4 aromatic rings. The first kappa shape index (κ1) is 29.4. The van der Waals surface area contributed by atoms with Crippen molar-refractivity contribution in [3.8, 4) is 22.8 Å². The number of nitrogens with one attached hydrogen (secondary N) is 1. The number of fused-ring (bicyclic) bond motifs is 2. The molecule has 13 heteroatoms. The van der Waals surface area contributed by atoms with Gasteiger partial charge in [-0.3, -0.25) is 14.3 Å². The van der Waals surface area contributed by atoms with Gasteiger partial charge >= 0.3 is 0 Å². The number of aliphatic hydroxyl groups is 1. The van der Waals surface area contributed by atoms with Gasteiger partial charge in [-0.25, -0.2) is 13.8 Å². The Kier molecular flexibility index (Phi) is 6.79. The second-order valence-electron chi connectivity index (χ2n) is 12.3. The van der Waals surface area contributed by atoms with E-state index in [4.69, 9.17) is 26.8 Å². The lowest BCUT2D eigenvalue weighted by molar-refractivity contribution is -0.123. The fraction of sp³-hybridized carbons (Fsp3) is 0.375. The fourth-order valence-corrected chi connectivity index (χ4v) is 6.14. The van der Waals surface area contributed by atoms with Gasteiger partial charge in [-0.15, -0.1) is 0 Å². The number of nitrogens with two attached hydrogens (primary N) is 1. The number of primary amides is 1. The molecule has 2 saturated carbocycles. The molecule has 10 nitrogen and oxygen atoms in total. The van der Waals surface area contributed by atoms with Crippen LogP contribution in [0, 0.1) is 17.6 Å². The number of rotatable bonds is 9. The molecule has 2 fully saturated rings. The average molecular weight is 638 g/mol. The number of hydrogen-bond donors (Lipinski definition) is 3. The highest BCUT2D eigenvalue weighted by Gasteiger charge is 2.50. The Bertz CT molecular complexity index is 1910. The van der Waals surface area contributed by atoms with E-state index in [0.717, 1.165) is 30.4 Å². The summed E-state index contributed by atoms with van der Waals surface area (Å²) in [5.41, 5.74) is 2.95. The van der Waals surface area contributed by atoms with Gasteiger partial charge in [0, 0.05) is 22.7 Å². The minimum atomic E-state index is -1.77. The van der Waals surface area contributed by atoms with Crippen molar-refractivity contribution in [2.45, 2.75) is 49.7 Å². The second kappa shape index (κ2) is 10.4. The second-order valence-corrected chi connectivity index (χ2v) is 12.7. The Hall–Kier alpha value is -4.29. The average Bonchev–Trinajstić information content (AvgIpc) is 3.97. The van der Waals surface area contributed by atoms with Gasteiger partial charge in [0.1, 0.15) is 46.1 Å². The van der Waals surface area contributed by atoms with Crippen LogP contribution in [0.1, 0.15) is 60.3 Å². The minimum absolute atomic E-state index is 0.00884. The molecule has 3 aliphatic rings. The Balaban J connectivity index is 1.28. The topological polar surface area (TPSA) is 142 Å². The molecule has 2 atom stereocenters. The molecule has 0 radical (unpaired) electrons. The van der Waals surface area contributed by atoms with Crippen molar-refractivity contribution in [3.05, 3.63) is 70.0 Å². The molecule has 234 valence electrons. The lowest BCUT2D eigenvalue weighted by Crippen LogP contribution is -2.44. The van der Waals surface area contributed by atoms with Crippen LogP contribution in [-0.4, -0.2) is 51.9 Å². The maximum atomic E-state index is 15.3. The Morgan fingerprint density at radius 1 is 1.24 bits per heavy atom. The number of carbonyl (C=O) groups excluding carboxylic acids is 2. The zero-order chi connectivity index (χ0) is 31.8. The molecular weight excluding hydrogens is 608 g/mol. The van der Waals surface area contributed by atoms with Crippen LogP contribution in [0.2, 0.25) is 5.02 Å². The molecule has 0 bridgehead atoms. The highest BCUT2D eigenvalue weighted by Crippen LogP contribution is 2.50. The number of hydrogen-bond acceptors (Lipinski definition) is 7. The monoisotopic (exact) mass is 637 g/mol. The largest absolute Gasteiger partial charge is 0.494 e. The van der Waals surface area contributed by atoms with Crippen LogP contribution >= 0.6 is 11.6 Å². The third-order valence-electron chi connectivity index (χ3n) is 9.11. The maximum absolute atomic E-state index is 15.3. The third kappa shape index (κ3) is 4.78. The Morgan fingerprint density at radius 2 is 2.00 bits per heavy atom. The first-order chi connectivity index (χ1) is 21.4. The third-order valence-corrected chi connectivity index (χ3v) is 9.40. The molecule has 2 aromatic carbocycles. The van der Waals surface area contributed by atoms with E-state index in [9.17, 15) is 14.7 Å². The zero-order valence-electron chi connectivity index (χ0n) is 24.5. The van der Waals surface area contributed by atoms with E-state index in [-0.39, 0.29) is 46.8 Å². The summed E-state index contributed by atoms with van der Waals surface area (Å²) in [5.74, 6) is -3.16. The number of nitrogens with zero attached hydrogens (tertiary/aromatic N) is 3. The Labute approximate surface area is 261 Å². The smallest absolute Gasteiger partial charge is 0.251 e. The number of halogens is 3. The number of amides is 2. The normalized spacial score (nSPS) is 20.4. The van der Waals surface area contributed by atoms with Gasteiger partial charge < -0.3 is 25.6 Å². The van der Waals surface area contributed by atoms with Crippen molar-refractivity contribution >= 4 is 34.3 Å². The SMILES string of the molecule is COc1cc(C(=O)NCC(O)(c2cc3c(c(-c4c(F)ccc(Cl)c4F)n2)OC[C@]3(C)C(N)=O)C2CC2)cc2cn(C3CC3)nc12. The lowest BCUT2D eigenvalue weighted by atomic mass is 9.81. The van der Waals surface area contributed by atoms with E-state index in [2.05, 4.69) is 15.4 Å². The summed E-state index contributed by atoms with van der Waals surface area (Å²) in [4.78, 5) is 30.6. The molecule has 4 N–H and O–H groups in total. The van der Waals surface area contributed by atoms with E-state index in [1.54, 1.807) is 19.1 Å². The van der Waals surface area contributed by atoms with Gasteiger partial charge in [-0.05, 0) is 68.9 Å². The summed E-state index contributed by atoms with van der Waals surface area (Å²) in [6.45, 7) is 1.07. The van der Waals surface area contributed by atoms with Crippen molar-refractivity contribution in [3.63, 3.8) is 0 Å². The van der Waals surface area contributed by atoms with Crippen molar-refractivity contribution < 1.29 is 33.0 Å². The number of benzene rings is 2. The molecule has 2 aromatic heterocycles. The van der Waals surface area contributed by atoms with Crippen molar-refractivity contribution in [1.82, 2.24) is 20.1 Å². The van der Waals surface area contributed by atoms with E-state index < -0.39 is 40.0 Å². The highest BCUT2D eigenvalue weighted by molar-refractivity contribution is 6.31. The van der Waals surface area contributed by atoms with Gasteiger partial charge in [0.05, 0.1) is 36.0 Å². The molecule has 2 amide bonds. The molecule has 1 aliphatic heterocycles. The number of carbonyl (C=O) groups is 2. The first-order valence-corrected chi connectivity index (χ1v) is 15.0. The predicted molar refractivity (Wildman–Crippen MR) is 160 cm³/mol. The molecule has 3 heterocycles. The van der Waals surface area contributed by atoms with Crippen LogP contribution in [0.5, 0.6) is 11.5 Å². The fourth-order valence-electron chi connectivity index (χ4n) is 5.98. The minimum Gasteiger partial charge on any atom is -0.494 e. The van der Waals surface area contributed by atoms with E-state index >= 15 is 8.78 Å².